The van der Waals surface area contributed by atoms with E-state index in [1.54, 1.807) is 18.2 Å². The number of fused-ring (bicyclic) bond motifs is 2. The lowest BCUT2D eigenvalue weighted by Crippen LogP contribution is -2.28. The minimum absolute atomic E-state index is 0.207. The van der Waals surface area contributed by atoms with Crippen LogP contribution in [0, 0.1) is 0 Å². The summed E-state index contributed by atoms with van der Waals surface area (Å²) in [5.74, 6) is -0.00947. The molecule has 0 atom stereocenters. The van der Waals surface area contributed by atoms with Gasteiger partial charge in [0.1, 0.15) is 5.82 Å². The van der Waals surface area contributed by atoms with E-state index in [2.05, 4.69) is 16.0 Å². The van der Waals surface area contributed by atoms with E-state index in [1.165, 1.54) is 7.11 Å². The zero-order valence-corrected chi connectivity index (χ0v) is 13.0. The van der Waals surface area contributed by atoms with Crippen molar-refractivity contribution in [2.24, 2.45) is 0 Å². The summed E-state index contributed by atoms with van der Waals surface area (Å²) in [5.41, 5.74) is 4.34. The number of methoxy groups -OCH3 is 1. The smallest absolute Gasteiger partial charge is 0.337 e. The van der Waals surface area contributed by atoms with Gasteiger partial charge in [-0.15, -0.1) is 0 Å². The fraction of sp³-hybridized carbons (Fsp3) is 0.111. The largest absolute Gasteiger partial charge is 0.465 e. The summed E-state index contributed by atoms with van der Waals surface area (Å²) in [7, 11) is 1.33. The van der Waals surface area contributed by atoms with E-state index in [4.69, 9.17) is 4.74 Å². The lowest BCUT2D eigenvalue weighted by atomic mass is 10.0. The predicted molar refractivity (Wildman–Crippen MR) is 90.2 cm³/mol. The molecule has 0 unspecified atom stereocenters. The van der Waals surface area contributed by atoms with Gasteiger partial charge in [-0.3, -0.25) is 4.79 Å². The third-order valence-electron chi connectivity index (χ3n) is 4.17. The van der Waals surface area contributed by atoms with Gasteiger partial charge in [-0.2, -0.15) is 0 Å². The van der Waals surface area contributed by atoms with Gasteiger partial charge >= 0.3 is 5.97 Å². The highest BCUT2D eigenvalue weighted by Crippen LogP contribution is 2.35. The summed E-state index contributed by atoms with van der Waals surface area (Å²) in [6.45, 7) is 0.626. The Hall–Kier alpha value is -3.28. The maximum Gasteiger partial charge on any atom is 0.337 e. The summed E-state index contributed by atoms with van der Waals surface area (Å²) in [6, 6.07) is 12.9. The fourth-order valence-corrected chi connectivity index (χ4v) is 2.97. The maximum absolute atomic E-state index is 12.4. The molecule has 2 aliphatic rings. The highest BCUT2D eigenvalue weighted by atomic mass is 16.5. The van der Waals surface area contributed by atoms with Crippen LogP contribution in [-0.2, 0) is 16.1 Å². The monoisotopic (exact) mass is 321 g/mol. The molecule has 0 saturated carbocycles. The first-order valence-corrected chi connectivity index (χ1v) is 7.54. The zero-order chi connectivity index (χ0) is 16.7. The Morgan fingerprint density at radius 1 is 1.08 bits per heavy atom. The molecule has 2 heterocycles. The fourth-order valence-electron chi connectivity index (χ4n) is 2.97. The molecule has 24 heavy (non-hydrogen) atoms. The number of amides is 1. The van der Waals surface area contributed by atoms with E-state index in [0.29, 0.717) is 34.8 Å². The third-order valence-corrected chi connectivity index (χ3v) is 4.17. The van der Waals surface area contributed by atoms with Crippen molar-refractivity contribution < 1.29 is 14.3 Å². The number of para-hydroxylation sites is 1. The highest BCUT2D eigenvalue weighted by Gasteiger charge is 2.30. The van der Waals surface area contributed by atoms with Crippen LogP contribution in [0.1, 0.15) is 21.5 Å². The van der Waals surface area contributed by atoms with E-state index in [0.717, 1.165) is 11.3 Å². The number of carbonyl (C=O) groups is 2. The van der Waals surface area contributed by atoms with Crippen LogP contribution in [0.3, 0.4) is 0 Å². The summed E-state index contributed by atoms with van der Waals surface area (Å²) < 4.78 is 4.76. The number of ether oxygens (including phenoxy) is 1. The molecule has 6 nitrogen and oxygen atoms in total. The van der Waals surface area contributed by atoms with Crippen LogP contribution in [0.5, 0.6) is 0 Å². The molecule has 1 amide bonds. The van der Waals surface area contributed by atoms with Crippen LogP contribution in [-0.4, -0.2) is 19.0 Å². The SMILES string of the molecule is COC(=O)c1ccc2c(c1)/C(=C1\NCc3ccccc3N1)C(=O)N2. The Balaban J connectivity index is 1.80. The lowest BCUT2D eigenvalue weighted by Gasteiger charge is -2.24. The number of carbonyl (C=O) groups excluding carboxylic acids is 2. The molecule has 0 spiro atoms. The van der Waals surface area contributed by atoms with E-state index in [9.17, 15) is 9.59 Å². The normalized spacial score (nSPS) is 18.0. The number of benzene rings is 2. The molecule has 2 aromatic carbocycles. The molecular formula is C18H15N3O3. The summed E-state index contributed by atoms with van der Waals surface area (Å²) in [4.78, 5) is 24.2. The molecule has 2 aliphatic heterocycles. The molecule has 0 aromatic heterocycles. The molecule has 0 fully saturated rings. The highest BCUT2D eigenvalue weighted by molar-refractivity contribution is 6.32. The van der Waals surface area contributed by atoms with Gasteiger partial charge in [-0.25, -0.2) is 4.79 Å². The number of esters is 1. The van der Waals surface area contributed by atoms with Crippen molar-refractivity contribution in [3.63, 3.8) is 0 Å². The van der Waals surface area contributed by atoms with Crippen LogP contribution in [0.4, 0.5) is 11.4 Å². The Bertz CT molecular complexity index is 902. The van der Waals surface area contributed by atoms with Crippen molar-refractivity contribution in [2.75, 3.05) is 17.7 Å². The first-order valence-electron chi connectivity index (χ1n) is 7.54. The molecule has 120 valence electrons. The quantitative estimate of drug-likeness (QED) is 0.555. The van der Waals surface area contributed by atoms with Gasteiger partial charge in [-0.05, 0) is 29.8 Å². The van der Waals surface area contributed by atoms with Gasteiger partial charge in [0.05, 0.1) is 18.2 Å². The minimum Gasteiger partial charge on any atom is -0.465 e. The second-order valence-corrected chi connectivity index (χ2v) is 5.59. The van der Waals surface area contributed by atoms with E-state index < -0.39 is 5.97 Å². The van der Waals surface area contributed by atoms with Crippen LogP contribution >= 0.6 is 0 Å². The molecule has 4 rings (SSSR count). The average Bonchev–Trinajstić information content (AvgIpc) is 2.95. The van der Waals surface area contributed by atoms with Gasteiger partial charge in [0.2, 0.25) is 0 Å². The molecule has 3 N–H and O–H groups in total. The predicted octanol–water partition coefficient (Wildman–Crippen LogP) is 2.31. The molecule has 0 saturated heterocycles. The first kappa shape index (κ1) is 14.3. The van der Waals surface area contributed by atoms with E-state index >= 15 is 0 Å². The van der Waals surface area contributed by atoms with E-state index in [1.807, 2.05) is 24.3 Å². The van der Waals surface area contributed by atoms with Crippen molar-refractivity contribution in [3.05, 3.63) is 65.0 Å². The van der Waals surface area contributed by atoms with Gasteiger partial charge in [-0.1, -0.05) is 18.2 Å². The Morgan fingerprint density at radius 3 is 2.75 bits per heavy atom. The van der Waals surface area contributed by atoms with E-state index in [-0.39, 0.29) is 5.91 Å². The number of anilines is 2. The molecule has 0 bridgehead atoms. The van der Waals surface area contributed by atoms with Crippen LogP contribution in [0.15, 0.2) is 48.3 Å². The molecule has 6 heteroatoms. The molecule has 0 aliphatic carbocycles. The van der Waals surface area contributed by atoms with Crippen molar-refractivity contribution in [1.82, 2.24) is 5.32 Å². The average molecular weight is 321 g/mol. The topological polar surface area (TPSA) is 79.5 Å². The molecule has 0 radical (unpaired) electrons. The van der Waals surface area contributed by atoms with Crippen molar-refractivity contribution in [2.45, 2.75) is 6.54 Å². The van der Waals surface area contributed by atoms with Crippen LogP contribution < -0.4 is 16.0 Å². The molecular weight excluding hydrogens is 306 g/mol. The van der Waals surface area contributed by atoms with Crippen molar-refractivity contribution >= 4 is 28.8 Å². The summed E-state index contributed by atoms with van der Waals surface area (Å²) in [6.07, 6.45) is 0. The Labute approximate surface area is 138 Å². The molecule has 2 aromatic rings. The second kappa shape index (κ2) is 5.42. The van der Waals surface area contributed by atoms with Gasteiger partial charge in [0.15, 0.2) is 0 Å². The second-order valence-electron chi connectivity index (χ2n) is 5.59. The lowest BCUT2D eigenvalue weighted by molar-refractivity contribution is -0.110. The van der Waals surface area contributed by atoms with Crippen molar-refractivity contribution in [1.29, 1.82) is 0 Å². The third kappa shape index (κ3) is 2.20. The number of hydrogen-bond donors (Lipinski definition) is 3. The Morgan fingerprint density at radius 2 is 1.92 bits per heavy atom. The van der Waals surface area contributed by atoms with Gasteiger partial charge in [0.25, 0.3) is 5.91 Å². The van der Waals surface area contributed by atoms with Gasteiger partial charge in [0, 0.05) is 23.5 Å². The number of hydrogen-bond acceptors (Lipinski definition) is 5. The number of rotatable bonds is 1. The van der Waals surface area contributed by atoms with Crippen LogP contribution in [0.2, 0.25) is 0 Å². The van der Waals surface area contributed by atoms with Gasteiger partial charge < -0.3 is 20.7 Å². The number of nitrogens with one attached hydrogen (secondary N) is 3. The zero-order valence-electron chi connectivity index (χ0n) is 13.0. The standard InChI is InChI=1S/C18H15N3O3/c1-24-18(23)10-6-7-14-12(8-10)15(17(22)21-14)16-19-9-11-4-2-3-5-13(11)20-16/h2-8,19-20H,9H2,1H3,(H,21,22)/b16-15-. The maximum atomic E-state index is 12.4. The first-order chi connectivity index (χ1) is 11.7. The van der Waals surface area contributed by atoms with Crippen LogP contribution in [0.25, 0.3) is 5.57 Å². The summed E-state index contributed by atoms with van der Waals surface area (Å²) in [5, 5.41) is 9.33. The summed E-state index contributed by atoms with van der Waals surface area (Å²) >= 11 is 0. The Kier molecular flexibility index (Phi) is 3.23. The van der Waals surface area contributed by atoms with Crippen molar-refractivity contribution in [3.8, 4) is 0 Å². The minimum atomic E-state index is -0.434.